The number of nitrogens with zero attached hydrogens (tertiary/aromatic N) is 1. The zero-order valence-electron chi connectivity index (χ0n) is 11.7. The van der Waals surface area contributed by atoms with Gasteiger partial charge < -0.3 is 15.5 Å². The van der Waals surface area contributed by atoms with Gasteiger partial charge in [-0.05, 0) is 32.4 Å². The van der Waals surface area contributed by atoms with Gasteiger partial charge in [-0.25, -0.2) is 4.79 Å². The van der Waals surface area contributed by atoms with Crippen molar-refractivity contribution < 1.29 is 4.79 Å². The van der Waals surface area contributed by atoms with E-state index < -0.39 is 0 Å². The Labute approximate surface area is 105 Å². The van der Waals surface area contributed by atoms with Crippen LogP contribution < -0.4 is 10.6 Å². The van der Waals surface area contributed by atoms with Gasteiger partial charge >= 0.3 is 6.03 Å². The van der Waals surface area contributed by atoms with Crippen LogP contribution in [-0.2, 0) is 0 Å². The number of carbonyl (C=O) groups is 1. The lowest BCUT2D eigenvalue weighted by Crippen LogP contribution is -2.46. The van der Waals surface area contributed by atoms with Crippen LogP contribution in [0.25, 0.3) is 0 Å². The zero-order valence-corrected chi connectivity index (χ0v) is 11.7. The highest BCUT2D eigenvalue weighted by Gasteiger charge is 2.21. The van der Waals surface area contributed by atoms with Crippen molar-refractivity contribution in [1.29, 1.82) is 0 Å². The Bertz CT molecular complexity index is 245. The highest BCUT2D eigenvalue weighted by molar-refractivity contribution is 5.74. The average Bonchev–Trinajstić information content (AvgIpc) is 2.65. The summed E-state index contributed by atoms with van der Waals surface area (Å²) in [4.78, 5) is 13.8. The van der Waals surface area contributed by atoms with Crippen LogP contribution in [0.15, 0.2) is 0 Å². The lowest BCUT2D eigenvalue weighted by Gasteiger charge is -2.28. The van der Waals surface area contributed by atoms with Crippen LogP contribution in [0.2, 0.25) is 0 Å². The van der Waals surface area contributed by atoms with Gasteiger partial charge in [0.05, 0.1) is 0 Å². The number of hydrogen-bond donors (Lipinski definition) is 2. The van der Waals surface area contributed by atoms with E-state index in [0.717, 1.165) is 19.4 Å². The number of nitrogens with one attached hydrogen (secondary N) is 2. The molecule has 17 heavy (non-hydrogen) atoms. The first-order valence-electron chi connectivity index (χ1n) is 6.58. The third-order valence-electron chi connectivity index (χ3n) is 3.16. The molecule has 0 saturated heterocycles. The first-order chi connectivity index (χ1) is 7.89. The van der Waals surface area contributed by atoms with Crippen molar-refractivity contribution >= 4 is 6.03 Å². The molecule has 1 rings (SSSR count). The predicted octanol–water partition coefficient (Wildman–Crippen LogP) is 1.82. The molecule has 1 fully saturated rings. The second-order valence-electron chi connectivity index (χ2n) is 6.21. The van der Waals surface area contributed by atoms with Gasteiger partial charge in [0, 0.05) is 19.1 Å². The smallest absolute Gasteiger partial charge is 0.315 e. The SMILES string of the molecule is CN(C)CC(C)(C)CNC(=O)NC1CCCC1. The summed E-state index contributed by atoms with van der Waals surface area (Å²) in [5.41, 5.74) is 0.108. The van der Waals surface area contributed by atoms with Gasteiger partial charge in [0.25, 0.3) is 0 Å². The minimum atomic E-state index is -0.0104. The maximum atomic E-state index is 11.7. The van der Waals surface area contributed by atoms with E-state index in [1.54, 1.807) is 0 Å². The van der Waals surface area contributed by atoms with E-state index in [2.05, 4.69) is 43.5 Å². The average molecular weight is 241 g/mol. The summed E-state index contributed by atoms with van der Waals surface area (Å²) in [7, 11) is 4.11. The Morgan fingerprint density at radius 1 is 1.29 bits per heavy atom. The third kappa shape index (κ3) is 5.91. The Hall–Kier alpha value is -0.770. The molecule has 1 saturated carbocycles. The normalized spacial score (nSPS) is 17.5. The van der Waals surface area contributed by atoms with Crippen molar-refractivity contribution in [2.24, 2.45) is 5.41 Å². The molecule has 1 aliphatic rings. The molecule has 0 unspecified atom stereocenters. The van der Waals surface area contributed by atoms with E-state index >= 15 is 0 Å². The van der Waals surface area contributed by atoms with Crippen LogP contribution in [0.4, 0.5) is 4.79 Å². The van der Waals surface area contributed by atoms with Crippen LogP contribution in [0.5, 0.6) is 0 Å². The van der Waals surface area contributed by atoms with E-state index in [1.807, 2.05) is 0 Å². The summed E-state index contributed by atoms with van der Waals surface area (Å²) in [6.07, 6.45) is 4.76. The van der Waals surface area contributed by atoms with E-state index in [-0.39, 0.29) is 11.4 Å². The second-order valence-corrected chi connectivity index (χ2v) is 6.21. The number of amides is 2. The van der Waals surface area contributed by atoms with Crippen molar-refractivity contribution in [3.05, 3.63) is 0 Å². The summed E-state index contributed by atoms with van der Waals surface area (Å²) in [5, 5.41) is 6.02. The van der Waals surface area contributed by atoms with Gasteiger partial charge in [-0.15, -0.1) is 0 Å². The molecule has 100 valence electrons. The summed E-state index contributed by atoms with van der Waals surface area (Å²) >= 11 is 0. The van der Waals surface area contributed by atoms with Crippen LogP contribution in [-0.4, -0.2) is 44.2 Å². The fraction of sp³-hybridized carbons (Fsp3) is 0.923. The zero-order chi connectivity index (χ0) is 12.9. The standard InChI is InChI=1S/C13H27N3O/c1-13(2,10-16(3)4)9-14-12(17)15-11-7-5-6-8-11/h11H,5-10H2,1-4H3,(H2,14,15,17). The van der Waals surface area contributed by atoms with Crippen molar-refractivity contribution in [2.45, 2.75) is 45.6 Å². The number of carbonyl (C=O) groups excluding carboxylic acids is 1. The Balaban J connectivity index is 2.22. The molecule has 0 aromatic heterocycles. The first-order valence-corrected chi connectivity index (χ1v) is 6.58. The van der Waals surface area contributed by atoms with Crippen LogP contribution in [0.1, 0.15) is 39.5 Å². The molecule has 0 aromatic carbocycles. The summed E-state index contributed by atoms with van der Waals surface area (Å²) in [6, 6.07) is 0.385. The quantitative estimate of drug-likeness (QED) is 0.771. The third-order valence-corrected chi connectivity index (χ3v) is 3.16. The maximum absolute atomic E-state index is 11.7. The fourth-order valence-corrected chi connectivity index (χ4v) is 2.54. The summed E-state index contributed by atoms with van der Waals surface area (Å²) < 4.78 is 0. The van der Waals surface area contributed by atoms with Crippen LogP contribution >= 0.6 is 0 Å². The first kappa shape index (κ1) is 14.3. The fourth-order valence-electron chi connectivity index (χ4n) is 2.54. The van der Waals surface area contributed by atoms with Crippen LogP contribution in [0, 0.1) is 5.41 Å². The number of urea groups is 1. The molecule has 0 heterocycles. The maximum Gasteiger partial charge on any atom is 0.315 e. The Morgan fingerprint density at radius 3 is 2.41 bits per heavy atom. The van der Waals surface area contributed by atoms with Gasteiger partial charge in [-0.2, -0.15) is 0 Å². The summed E-state index contributed by atoms with van der Waals surface area (Å²) in [5.74, 6) is 0. The minimum Gasteiger partial charge on any atom is -0.338 e. The van der Waals surface area contributed by atoms with Crippen molar-refractivity contribution in [1.82, 2.24) is 15.5 Å². The topological polar surface area (TPSA) is 44.4 Å². The van der Waals surface area contributed by atoms with E-state index in [0.29, 0.717) is 12.6 Å². The van der Waals surface area contributed by atoms with Crippen molar-refractivity contribution in [3.8, 4) is 0 Å². The molecule has 0 spiro atoms. The van der Waals surface area contributed by atoms with Gasteiger partial charge in [0.2, 0.25) is 0 Å². The Morgan fingerprint density at radius 2 is 1.88 bits per heavy atom. The highest BCUT2D eigenvalue weighted by Crippen LogP contribution is 2.17. The molecule has 0 radical (unpaired) electrons. The molecule has 4 heteroatoms. The van der Waals surface area contributed by atoms with Crippen molar-refractivity contribution in [3.63, 3.8) is 0 Å². The second kappa shape index (κ2) is 6.24. The molecule has 2 amide bonds. The highest BCUT2D eigenvalue weighted by atomic mass is 16.2. The lowest BCUT2D eigenvalue weighted by atomic mass is 9.93. The molecule has 0 aliphatic heterocycles. The molecule has 0 bridgehead atoms. The predicted molar refractivity (Wildman–Crippen MR) is 71.1 cm³/mol. The molecule has 4 nitrogen and oxygen atoms in total. The minimum absolute atomic E-state index is 0.0104. The van der Waals surface area contributed by atoms with E-state index in [1.165, 1.54) is 12.8 Å². The Kier molecular flexibility index (Phi) is 5.25. The molecule has 0 aromatic rings. The monoisotopic (exact) mass is 241 g/mol. The van der Waals surface area contributed by atoms with Crippen LogP contribution in [0.3, 0.4) is 0 Å². The van der Waals surface area contributed by atoms with Gasteiger partial charge in [0.15, 0.2) is 0 Å². The largest absolute Gasteiger partial charge is 0.338 e. The van der Waals surface area contributed by atoms with Gasteiger partial charge in [-0.1, -0.05) is 26.7 Å². The number of rotatable bonds is 5. The van der Waals surface area contributed by atoms with Crippen molar-refractivity contribution in [2.75, 3.05) is 27.2 Å². The molecular formula is C13H27N3O. The van der Waals surface area contributed by atoms with Gasteiger partial charge in [-0.3, -0.25) is 0 Å². The molecule has 0 atom stereocenters. The molecule has 1 aliphatic carbocycles. The number of hydrogen-bond acceptors (Lipinski definition) is 2. The molecular weight excluding hydrogens is 214 g/mol. The van der Waals surface area contributed by atoms with E-state index in [9.17, 15) is 4.79 Å². The molecule has 2 N–H and O–H groups in total. The lowest BCUT2D eigenvalue weighted by molar-refractivity contribution is 0.213. The van der Waals surface area contributed by atoms with Gasteiger partial charge in [0.1, 0.15) is 0 Å². The van der Waals surface area contributed by atoms with E-state index in [4.69, 9.17) is 0 Å². The summed E-state index contributed by atoms with van der Waals surface area (Å²) in [6.45, 7) is 6.02.